The van der Waals surface area contributed by atoms with Crippen LogP contribution in [0.25, 0.3) is 0 Å². The average Bonchev–Trinajstić information content (AvgIpc) is 2.73. The summed E-state index contributed by atoms with van der Waals surface area (Å²) in [5.74, 6) is 0.131. The van der Waals surface area contributed by atoms with E-state index in [1.54, 1.807) is 0 Å². The minimum absolute atomic E-state index is 0.131. The van der Waals surface area contributed by atoms with E-state index in [1.165, 1.54) is 5.56 Å². The fraction of sp³-hybridized carbons (Fsp3) is 0.458. The van der Waals surface area contributed by atoms with E-state index in [4.69, 9.17) is 9.47 Å². The van der Waals surface area contributed by atoms with Crippen molar-refractivity contribution in [1.29, 1.82) is 0 Å². The first-order valence-corrected chi connectivity index (χ1v) is 10.3. The van der Waals surface area contributed by atoms with Crippen LogP contribution in [0.2, 0.25) is 0 Å². The maximum Gasteiger partial charge on any atom is 0.253 e. The molecular formula is C24H29NO3. The van der Waals surface area contributed by atoms with Gasteiger partial charge in [0.05, 0.1) is 18.3 Å². The summed E-state index contributed by atoms with van der Waals surface area (Å²) in [5, 5.41) is 0. The van der Waals surface area contributed by atoms with Gasteiger partial charge in [0.25, 0.3) is 5.91 Å². The van der Waals surface area contributed by atoms with Crippen LogP contribution in [0, 0.1) is 6.92 Å². The molecule has 0 bridgehead atoms. The van der Waals surface area contributed by atoms with Gasteiger partial charge in [-0.1, -0.05) is 48.0 Å². The lowest BCUT2D eigenvalue weighted by Crippen LogP contribution is -2.52. The second-order valence-electron chi connectivity index (χ2n) is 8.10. The zero-order valence-corrected chi connectivity index (χ0v) is 16.6. The SMILES string of the molecule is Cc1cccc(C(=O)N2CCC3(CC2)CC(OCc2ccccc2)CCO3)c1. The first kappa shape index (κ1) is 19.2. The number of hydrogen-bond acceptors (Lipinski definition) is 3. The number of aryl methyl sites for hydroxylation is 1. The Labute approximate surface area is 167 Å². The van der Waals surface area contributed by atoms with Gasteiger partial charge in [0.1, 0.15) is 0 Å². The number of benzene rings is 2. The van der Waals surface area contributed by atoms with Crippen LogP contribution in [0.15, 0.2) is 54.6 Å². The Morgan fingerprint density at radius 1 is 1.14 bits per heavy atom. The summed E-state index contributed by atoms with van der Waals surface area (Å²) in [6.45, 7) is 4.91. The number of carbonyl (C=O) groups is 1. The van der Waals surface area contributed by atoms with Gasteiger partial charge in [-0.2, -0.15) is 0 Å². The number of rotatable bonds is 4. The zero-order valence-electron chi connectivity index (χ0n) is 16.6. The molecule has 0 aliphatic carbocycles. The van der Waals surface area contributed by atoms with Crippen molar-refractivity contribution in [1.82, 2.24) is 4.90 Å². The predicted octanol–water partition coefficient (Wildman–Crippen LogP) is 4.37. The molecular weight excluding hydrogens is 350 g/mol. The van der Waals surface area contributed by atoms with Crippen molar-refractivity contribution in [2.45, 2.75) is 50.9 Å². The predicted molar refractivity (Wildman–Crippen MR) is 109 cm³/mol. The molecule has 4 heteroatoms. The highest BCUT2D eigenvalue weighted by atomic mass is 16.5. The zero-order chi connectivity index (χ0) is 19.4. The Morgan fingerprint density at radius 3 is 2.68 bits per heavy atom. The number of piperidine rings is 1. The molecule has 0 N–H and O–H groups in total. The van der Waals surface area contributed by atoms with Crippen LogP contribution in [0.4, 0.5) is 0 Å². The van der Waals surface area contributed by atoms with E-state index in [1.807, 2.05) is 54.3 Å². The smallest absolute Gasteiger partial charge is 0.253 e. The summed E-state index contributed by atoms with van der Waals surface area (Å²) < 4.78 is 12.4. The number of ether oxygens (including phenoxy) is 2. The van der Waals surface area contributed by atoms with Crippen LogP contribution < -0.4 is 0 Å². The lowest BCUT2D eigenvalue weighted by Gasteiger charge is -2.46. The molecule has 2 aromatic rings. The van der Waals surface area contributed by atoms with Gasteiger partial charge < -0.3 is 14.4 Å². The maximum atomic E-state index is 12.8. The monoisotopic (exact) mass is 379 g/mol. The van der Waals surface area contributed by atoms with E-state index in [9.17, 15) is 4.79 Å². The van der Waals surface area contributed by atoms with Crippen molar-refractivity contribution >= 4 is 5.91 Å². The molecule has 4 rings (SSSR count). The third-order valence-corrected chi connectivity index (χ3v) is 6.00. The van der Waals surface area contributed by atoms with Crippen molar-refractivity contribution in [3.05, 3.63) is 71.3 Å². The van der Waals surface area contributed by atoms with Crippen molar-refractivity contribution in [3.8, 4) is 0 Å². The fourth-order valence-electron chi connectivity index (χ4n) is 4.34. The maximum absolute atomic E-state index is 12.8. The molecule has 1 amide bonds. The highest BCUT2D eigenvalue weighted by Crippen LogP contribution is 2.36. The van der Waals surface area contributed by atoms with E-state index in [0.717, 1.165) is 56.5 Å². The summed E-state index contributed by atoms with van der Waals surface area (Å²) in [6.07, 6.45) is 3.87. The molecule has 2 fully saturated rings. The van der Waals surface area contributed by atoms with Crippen molar-refractivity contribution in [3.63, 3.8) is 0 Å². The van der Waals surface area contributed by atoms with Gasteiger partial charge in [-0.3, -0.25) is 4.79 Å². The summed E-state index contributed by atoms with van der Waals surface area (Å²) in [4.78, 5) is 14.8. The third kappa shape index (κ3) is 4.45. The van der Waals surface area contributed by atoms with Crippen LogP contribution >= 0.6 is 0 Å². The Hall–Kier alpha value is -2.17. The summed E-state index contributed by atoms with van der Waals surface area (Å²) in [6, 6.07) is 18.2. The molecule has 2 heterocycles. The van der Waals surface area contributed by atoms with Crippen molar-refractivity contribution in [2.24, 2.45) is 0 Å². The molecule has 2 saturated heterocycles. The number of nitrogens with zero attached hydrogens (tertiary/aromatic N) is 1. The molecule has 1 atom stereocenters. The normalized spacial score (nSPS) is 21.6. The Balaban J connectivity index is 1.32. The molecule has 28 heavy (non-hydrogen) atoms. The van der Waals surface area contributed by atoms with Crippen LogP contribution in [-0.2, 0) is 16.1 Å². The van der Waals surface area contributed by atoms with Gasteiger partial charge in [-0.25, -0.2) is 0 Å². The standard InChI is InChI=1S/C24H29NO3/c1-19-6-5-9-21(16-19)23(26)25-13-11-24(12-14-25)17-22(10-15-28-24)27-18-20-7-3-2-4-8-20/h2-9,16,22H,10-15,17-18H2,1H3. The van der Waals surface area contributed by atoms with Crippen LogP contribution in [0.1, 0.15) is 47.2 Å². The van der Waals surface area contributed by atoms with Gasteiger partial charge in [-0.15, -0.1) is 0 Å². The Morgan fingerprint density at radius 2 is 1.93 bits per heavy atom. The molecule has 148 valence electrons. The van der Waals surface area contributed by atoms with Crippen LogP contribution in [-0.4, -0.2) is 42.2 Å². The topological polar surface area (TPSA) is 38.8 Å². The second-order valence-corrected chi connectivity index (χ2v) is 8.10. The first-order chi connectivity index (χ1) is 13.6. The molecule has 0 aromatic heterocycles. The number of amides is 1. The number of carbonyl (C=O) groups excluding carboxylic acids is 1. The van der Waals surface area contributed by atoms with E-state index >= 15 is 0 Å². The largest absolute Gasteiger partial charge is 0.375 e. The van der Waals surface area contributed by atoms with Gasteiger partial charge in [-0.05, 0) is 43.9 Å². The van der Waals surface area contributed by atoms with E-state index in [0.29, 0.717) is 6.61 Å². The summed E-state index contributed by atoms with van der Waals surface area (Å²) >= 11 is 0. The lowest BCUT2D eigenvalue weighted by molar-refractivity contribution is -0.154. The molecule has 2 aliphatic rings. The molecule has 2 aromatic carbocycles. The molecule has 1 spiro atoms. The van der Waals surface area contributed by atoms with Gasteiger partial charge in [0, 0.05) is 31.7 Å². The van der Waals surface area contributed by atoms with Crippen molar-refractivity contribution in [2.75, 3.05) is 19.7 Å². The minimum Gasteiger partial charge on any atom is -0.375 e. The highest BCUT2D eigenvalue weighted by Gasteiger charge is 2.41. The highest BCUT2D eigenvalue weighted by molar-refractivity contribution is 5.94. The minimum atomic E-state index is -0.136. The average molecular weight is 380 g/mol. The molecule has 4 nitrogen and oxygen atoms in total. The lowest BCUT2D eigenvalue weighted by atomic mass is 9.83. The van der Waals surface area contributed by atoms with E-state index < -0.39 is 0 Å². The molecule has 0 radical (unpaired) electrons. The number of likely N-dealkylation sites (tertiary alicyclic amines) is 1. The van der Waals surface area contributed by atoms with Gasteiger partial charge in [0.2, 0.25) is 0 Å². The van der Waals surface area contributed by atoms with Gasteiger partial charge >= 0.3 is 0 Å². The molecule has 0 saturated carbocycles. The fourth-order valence-corrected chi connectivity index (χ4v) is 4.34. The summed E-state index contributed by atoms with van der Waals surface area (Å²) in [5.41, 5.74) is 2.97. The third-order valence-electron chi connectivity index (χ3n) is 6.00. The quantitative estimate of drug-likeness (QED) is 0.792. The van der Waals surface area contributed by atoms with Crippen LogP contribution in [0.5, 0.6) is 0 Å². The Kier molecular flexibility index (Phi) is 5.79. The van der Waals surface area contributed by atoms with E-state index in [-0.39, 0.29) is 17.6 Å². The Bertz CT molecular complexity index is 797. The second kappa shape index (κ2) is 8.46. The van der Waals surface area contributed by atoms with Crippen LogP contribution in [0.3, 0.4) is 0 Å². The van der Waals surface area contributed by atoms with E-state index in [2.05, 4.69) is 12.1 Å². The first-order valence-electron chi connectivity index (χ1n) is 10.3. The van der Waals surface area contributed by atoms with Gasteiger partial charge in [0.15, 0.2) is 0 Å². The summed E-state index contributed by atoms with van der Waals surface area (Å²) in [7, 11) is 0. The van der Waals surface area contributed by atoms with Crippen molar-refractivity contribution < 1.29 is 14.3 Å². The molecule has 1 unspecified atom stereocenters. The number of hydrogen-bond donors (Lipinski definition) is 0. The molecule has 2 aliphatic heterocycles.